The minimum atomic E-state index is -0.338. The second-order valence-electron chi connectivity index (χ2n) is 4.69. The van der Waals surface area contributed by atoms with Crippen molar-refractivity contribution in [2.45, 2.75) is 20.3 Å². The number of nitrogens with zero attached hydrogens (tertiary/aromatic N) is 1. The van der Waals surface area contributed by atoms with Gasteiger partial charge in [-0.25, -0.2) is 9.78 Å². The molecule has 2 aromatic rings. The number of carbonyl (C=O) groups is 1. The number of carbonyl (C=O) groups excluding carboxylic acids is 1. The summed E-state index contributed by atoms with van der Waals surface area (Å²) in [5, 5.41) is 3.77. The van der Waals surface area contributed by atoms with Gasteiger partial charge in [0.05, 0.1) is 12.3 Å². The van der Waals surface area contributed by atoms with E-state index in [1.165, 1.54) is 22.6 Å². The van der Waals surface area contributed by atoms with Crippen molar-refractivity contribution in [3.63, 3.8) is 0 Å². The second-order valence-corrected chi connectivity index (χ2v) is 5.90. The first-order chi connectivity index (χ1) is 9.69. The van der Waals surface area contributed by atoms with Gasteiger partial charge in [-0.15, -0.1) is 11.3 Å². The minimum absolute atomic E-state index is 0.338. The van der Waals surface area contributed by atoms with Gasteiger partial charge in [-0.3, -0.25) is 0 Å². The lowest BCUT2D eigenvalue weighted by Gasteiger charge is -2.03. The van der Waals surface area contributed by atoms with Crippen LogP contribution in [-0.4, -0.2) is 24.1 Å². The lowest BCUT2D eigenvalue weighted by molar-refractivity contribution is 0.0526. The third-order valence-corrected chi connectivity index (χ3v) is 4.29. The van der Waals surface area contributed by atoms with E-state index in [4.69, 9.17) is 4.74 Å². The lowest BCUT2D eigenvalue weighted by Crippen LogP contribution is -2.03. The minimum Gasteiger partial charge on any atom is -0.461 e. The molecule has 4 nitrogen and oxygen atoms in total. The topological polar surface area (TPSA) is 51.2 Å². The molecule has 3 rings (SSSR count). The number of hydrogen-bond donors (Lipinski definition) is 1. The highest BCUT2D eigenvalue weighted by molar-refractivity contribution is 7.13. The zero-order chi connectivity index (χ0) is 14.1. The summed E-state index contributed by atoms with van der Waals surface area (Å²) in [7, 11) is 0. The Labute approximate surface area is 121 Å². The van der Waals surface area contributed by atoms with Crippen LogP contribution >= 0.6 is 11.3 Å². The van der Waals surface area contributed by atoms with E-state index in [0.717, 1.165) is 29.1 Å². The molecule has 20 heavy (non-hydrogen) atoms. The van der Waals surface area contributed by atoms with Gasteiger partial charge in [0.25, 0.3) is 0 Å². The van der Waals surface area contributed by atoms with Gasteiger partial charge in [0, 0.05) is 22.7 Å². The zero-order valence-electron chi connectivity index (χ0n) is 11.5. The molecule has 0 saturated heterocycles. The van der Waals surface area contributed by atoms with Crippen LogP contribution in [0.1, 0.15) is 27.2 Å². The van der Waals surface area contributed by atoms with Gasteiger partial charge in [0.15, 0.2) is 0 Å². The maximum atomic E-state index is 11.7. The van der Waals surface area contributed by atoms with Gasteiger partial charge < -0.3 is 10.1 Å². The predicted molar refractivity (Wildman–Crippen MR) is 80.4 cm³/mol. The van der Waals surface area contributed by atoms with Crippen molar-refractivity contribution >= 4 is 23.0 Å². The highest BCUT2D eigenvalue weighted by Crippen LogP contribution is 2.32. The summed E-state index contributed by atoms with van der Waals surface area (Å²) >= 11 is 1.39. The Bertz CT molecular complexity index is 664. The monoisotopic (exact) mass is 288 g/mol. The van der Waals surface area contributed by atoms with Crippen molar-refractivity contribution < 1.29 is 9.53 Å². The van der Waals surface area contributed by atoms with Gasteiger partial charge in [0.2, 0.25) is 5.01 Å². The van der Waals surface area contributed by atoms with E-state index in [2.05, 4.69) is 22.4 Å². The van der Waals surface area contributed by atoms with Gasteiger partial charge >= 0.3 is 5.97 Å². The van der Waals surface area contributed by atoms with Crippen LogP contribution in [0, 0.1) is 6.92 Å². The molecule has 1 aliphatic rings. The SMILES string of the molecule is CCOC(=O)c1nc(-c2ccc3c(c2)CCN3)c(C)s1. The van der Waals surface area contributed by atoms with Crippen LogP contribution in [0.25, 0.3) is 11.3 Å². The molecule has 0 atom stereocenters. The fourth-order valence-corrected chi connectivity index (χ4v) is 3.23. The third kappa shape index (κ3) is 2.29. The van der Waals surface area contributed by atoms with Gasteiger partial charge in [-0.05, 0) is 38.0 Å². The first-order valence-corrected chi connectivity index (χ1v) is 7.52. The summed E-state index contributed by atoms with van der Waals surface area (Å²) in [5.41, 5.74) is 4.46. The van der Waals surface area contributed by atoms with Crippen LogP contribution < -0.4 is 5.32 Å². The first-order valence-electron chi connectivity index (χ1n) is 6.70. The Morgan fingerprint density at radius 2 is 2.35 bits per heavy atom. The van der Waals surface area contributed by atoms with Crippen molar-refractivity contribution in [2.75, 3.05) is 18.5 Å². The summed E-state index contributed by atoms with van der Waals surface area (Å²) in [6.45, 7) is 5.15. The van der Waals surface area contributed by atoms with Gasteiger partial charge in [0.1, 0.15) is 0 Å². The Hall–Kier alpha value is -1.88. The van der Waals surface area contributed by atoms with Crippen LogP contribution in [0.15, 0.2) is 18.2 Å². The van der Waals surface area contributed by atoms with E-state index in [0.29, 0.717) is 11.6 Å². The highest BCUT2D eigenvalue weighted by Gasteiger charge is 2.18. The van der Waals surface area contributed by atoms with Crippen LogP contribution in [0.2, 0.25) is 0 Å². The summed E-state index contributed by atoms with van der Waals surface area (Å²) in [6, 6.07) is 6.29. The molecule has 1 aromatic heterocycles. The van der Waals surface area contributed by atoms with E-state index >= 15 is 0 Å². The Morgan fingerprint density at radius 3 is 3.15 bits per heavy atom. The molecule has 0 fully saturated rings. The van der Waals surface area contributed by atoms with E-state index in [9.17, 15) is 4.79 Å². The summed E-state index contributed by atoms with van der Waals surface area (Å²) in [4.78, 5) is 17.2. The smallest absolute Gasteiger partial charge is 0.367 e. The fraction of sp³-hybridized carbons (Fsp3) is 0.333. The van der Waals surface area contributed by atoms with Crippen LogP contribution in [0.4, 0.5) is 5.69 Å². The molecule has 0 saturated carbocycles. The highest BCUT2D eigenvalue weighted by atomic mass is 32.1. The standard InChI is InChI=1S/C15H16N2O2S/c1-3-19-15(18)14-17-13(9(2)20-14)11-4-5-12-10(8-11)6-7-16-12/h4-5,8,16H,3,6-7H2,1-2H3. The van der Waals surface area contributed by atoms with E-state index in [-0.39, 0.29) is 5.97 Å². The molecule has 104 valence electrons. The van der Waals surface area contributed by atoms with E-state index in [1.807, 2.05) is 13.0 Å². The molecular formula is C15H16N2O2S. The molecule has 5 heteroatoms. The number of anilines is 1. The Kier molecular flexibility index (Phi) is 3.44. The number of ether oxygens (including phenoxy) is 1. The first kappa shape index (κ1) is 13.1. The van der Waals surface area contributed by atoms with Gasteiger partial charge in [-0.1, -0.05) is 6.07 Å². The average Bonchev–Trinajstić information content (AvgIpc) is 3.04. The normalized spacial score (nSPS) is 12.9. The number of rotatable bonds is 3. The Balaban J connectivity index is 1.96. The number of esters is 1. The molecule has 0 radical (unpaired) electrons. The summed E-state index contributed by atoms with van der Waals surface area (Å²) in [6.07, 6.45) is 1.04. The van der Waals surface area contributed by atoms with E-state index < -0.39 is 0 Å². The average molecular weight is 288 g/mol. The fourth-order valence-electron chi connectivity index (χ4n) is 2.40. The molecule has 1 aromatic carbocycles. The molecular weight excluding hydrogens is 272 g/mol. The van der Waals surface area contributed by atoms with Crippen molar-refractivity contribution in [1.82, 2.24) is 4.98 Å². The number of hydrogen-bond acceptors (Lipinski definition) is 5. The van der Waals surface area contributed by atoms with Crippen molar-refractivity contribution in [1.29, 1.82) is 0 Å². The zero-order valence-corrected chi connectivity index (χ0v) is 12.3. The number of aryl methyl sites for hydroxylation is 1. The maximum Gasteiger partial charge on any atom is 0.367 e. The molecule has 0 spiro atoms. The molecule has 2 heterocycles. The van der Waals surface area contributed by atoms with Crippen molar-refractivity contribution in [3.05, 3.63) is 33.6 Å². The number of nitrogens with one attached hydrogen (secondary N) is 1. The number of benzene rings is 1. The van der Waals surface area contributed by atoms with Crippen LogP contribution in [-0.2, 0) is 11.2 Å². The third-order valence-electron chi connectivity index (χ3n) is 3.34. The Morgan fingerprint density at radius 1 is 1.50 bits per heavy atom. The molecule has 0 bridgehead atoms. The molecule has 0 unspecified atom stereocenters. The van der Waals surface area contributed by atoms with Gasteiger partial charge in [-0.2, -0.15) is 0 Å². The molecule has 1 N–H and O–H groups in total. The number of thiazole rings is 1. The molecule has 1 aliphatic heterocycles. The van der Waals surface area contributed by atoms with E-state index in [1.54, 1.807) is 6.92 Å². The quantitative estimate of drug-likeness (QED) is 0.881. The summed E-state index contributed by atoms with van der Waals surface area (Å²) < 4.78 is 5.01. The maximum absolute atomic E-state index is 11.7. The van der Waals surface area contributed by atoms with Crippen molar-refractivity contribution in [2.24, 2.45) is 0 Å². The predicted octanol–water partition coefficient (Wildman–Crippen LogP) is 3.26. The molecule has 0 aliphatic carbocycles. The van der Waals surface area contributed by atoms with Crippen molar-refractivity contribution in [3.8, 4) is 11.3 Å². The number of fused-ring (bicyclic) bond motifs is 1. The number of aromatic nitrogens is 1. The van der Waals surface area contributed by atoms with Crippen LogP contribution in [0.3, 0.4) is 0 Å². The molecule has 0 amide bonds. The largest absolute Gasteiger partial charge is 0.461 e. The summed E-state index contributed by atoms with van der Waals surface area (Å²) in [5.74, 6) is -0.338. The lowest BCUT2D eigenvalue weighted by atomic mass is 10.1. The van der Waals surface area contributed by atoms with Crippen LogP contribution in [0.5, 0.6) is 0 Å². The second kappa shape index (κ2) is 5.25.